The van der Waals surface area contributed by atoms with Crippen LogP contribution in [0.2, 0.25) is 10.0 Å². The fraction of sp³-hybridized carbons (Fsp3) is 0.235. The number of carbonyl (C=O) groups is 1. The Balaban J connectivity index is 2.55. The van der Waals surface area contributed by atoms with E-state index in [2.05, 4.69) is 19.2 Å². The van der Waals surface area contributed by atoms with E-state index < -0.39 is 0 Å². The van der Waals surface area contributed by atoms with Gasteiger partial charge in [0.1, 0.15) is 0 Å². The van der Waals surface area contributed by atoms with Crippen LogP contribution in [0.15, 0.2) is 36.4 Å². The lowest BCUT2D eigenvalue weighted by Crippen LogP contribution is -2.07. The van der Waals surface area contributed by atoms with Crippen molar-refractivity contribution >= 4 is 35.3 Å². The van der Waals surface area contributed by atoms with Crippen LogP contribution in [-0.4, -0.2) is 6.41 Å². The van der Waals surface area contributed by atoms with Gasteiger partial charge >= 0.3 is 0 Å². The molecule has 0 radical (unpaired) electrons. The van der Waals surface area contributed by atoms with Crippen molar-refractivity contribution in [3.8, 4) is 0 Å². The maximum Gasteiger partial charge on any atom is 0.211 e. The second kappa shape index (κ2) is 6.97. The Morgan fingerprint density at radius 2 is 1.76 bits per heavy atom. The Morgan fingerprint density at radius 3 is 2.43 bits per heavy atom. The standard InChI is InChI=1S/C17H17Cl2NO/c1-3-14(16-8-12(18)5-4-11(16)2)15-7-6-13(19)9-17(15)20-10-21/h4-10,14H,3H2,1-2H3,(H,20,21). The number of rotatable bonds is 5. The average Bonchev–Trinajstić information content (AvgIpc) is 2.46. The molecular weight excluding hydrogens is 305 g/mol. The number of hydrogen-bond donors (Lipinski definition) is 1. The van der Waals surface area contributed by atoms with E-state index in [4.69, 9.17) is 23.2 Å². The molecule has 4 heteroatoms. The van der Waals surface area contributed by atoms with Crippen LogP contribution in [0.5, 0.6) is 0 Å². The average molecular weight is 322 g/mol. The van der Waals surface area contributed by atoms with Crippen molar-refractivity contribution in [2.75, 3.05) is 5.32 Å². The van der Waals surface area contributed by atoms with Crippen molar-refractivity contribution in [1.82, 2.24) is 0 Å². The van der Waals surface area contributed by atoms with Crippen LogP contribution in [0.25, 0.3) is 0 Å². The van der Waals surface area contributed by atoms with Gasteiger partial charge in [-0.05, 0) is 54.3 Å². The van der Waals surface area contributed by atoms with Gasteiger partial charge in [-0.3, -0.25) is 4.79 Å². The van der Waals surface area contributed by atoms with Crippen LogP contribution in [0.1, 0.15) is 36.0 Å². The Morgan fingerprint density at radius 1 is 1.10 bits per heavy atom. The fourth-order valence-electron chi connectivity index (χ4n) is 2.61. The van der Waals surface area contributed by atoms with Gasteiger partial charge in [-0.25, -0.2) is 0 Å². The maximum absolute atomic E-state index is 10.8. The summed E-state index contributed by atoms with van der Waals surface area (Å²) in [5.74, 6) is 0.156. The largest absolute Gasteiger partial charge is 0.328 e. The van der Waals surface area contributed by atoms with Crippen molar-refractivity contribution in [3.05, 3.63) is 63.1 Å². The van der Waals surface area contributed by atoms with Gasteiger partial charge in [0.25, 0.3) is 0 Å². The van der Waals surface area contributed by atoms with Gasteiger partial charge in [-0.2, -0.15) is 0 Å². The zero-order valence-electron chi connectivity index (χ0n) is 12.0. The molecule has 1 atom stereocenters. The zero-order chi connectivity index (χ0) is 15.4. The highest BCUT2D eigenvalue weighted by molar-refractivity contribution is 6.31. The van der Waals surface area contributed by atoms with Crippen molar-refractivity contribution in [3.63, 3.8) is 0 Å². The fourth-order valence-corrected chi connectivity index (χ4v) is 2.97. The smallest absolute Gasteiger partial charge is 0.211 e. The summed E-state index contributed by atoms with van der Waals surface area (Å²) < 4.78 is 0. The first kappa shape index (κ1) is 15.9. The van der Waals surface area contributed by atoms with Gasteiger partial charge < -0.3 is 5.32 Å². The minimum Gasteiger partial charge on any atom is -0.328 e. The molecule has 0 bridgehead atoms. The Hall–Kier alpha value is -1.51. The van der Waals surface area contributed by atoms with Crippen molar-refractivity contribution in [2.45, 2.75) is 26.2 Å². The summed E-state index contributed by atoms with van der Waals surface area (Å²) in [6.45, 7) is 4.18. The Kier molecular flexibility index (Phi) is 5.27. The summed E-state index contributed by atoms with van der Waals surface area (Å²) >= 11 is 12.2. The minimum atomic E-state index is 0.156. The van der Waals surface area contributed by atoms with Gasteiger partial charge in [0.15, 0.2) is 0 Å². The van der Waals surface area contributed by atoms with E-state index in [1.807, 2.05) is 30.3 Å². The number of amides is 1. The summed E-state index contributed by atoms with van der Waals surface area (Å²) in [7, 11) is 0. The first-order valence-electron chi connectivity index (χ1n) is 6.82. The number of hydrogen-bond acceptors (Lipinski definition) is 1. The lowest BCUT2D eigenvalue weighted by atomic mass is 9.85. The Labute approximate surface area is 135 Å². The normalized spacial score (nSPS) is 12.0. The number of aryl methyl sites for hydroxylation is 1. The van der Waals surface area contributed by atoms with Crippen LogP contribution in [-0.2, 0) is 4.79 Å². The highest BCUT2D eigenvalue weighted by Gasteiger charge is 2.18. The minimum absolute atomic E-state index is 0.156. The van der Waals surface area contributed by atoms with E-state index in [1.54, 1.807) is 6.07 Å². The molecule has 0 aliphatic heterocycles. The number of benzene rings is 2. The lowest BCUT2D eigenvalue weighted by Gasteiger charge is -2.21. The Bertz CT molecular complexity index is 655. The lowest BCUT2D eigenvalue weighted by molar-refractivity contribution is -0.105. The molecule has 110 valence electrons. The van der Waals surface area contributed by atoms with E-state index in [0.29, 0.717) is 16.5 Å². The molecule has 0 aliphatic carbocycles. The highest BCUT2D eigenvalue weighted by Crippen LogP contribution is 2.36. The number of carbonyl (C=O) groups excluding carboxylic acids is 1. The molecule has 2 nitrogen and oxygen atoms in total. The predicted molar refractivity (Wildman–Crippen MR) is 89.5 cm³/mol. The molecule has 1 unspecified atom stereocenters. The molecule has 1 N–H and O–H groups in total. The van der Waals surface area contributed by atoms with Gasteiger partial charge in [-0.15, -0.1) is 0 Å². The summed E-state index contributed by atoms with van der Waals surface area (Å²) in [6, 6.07) is 11.5. The summed E-state index contributed by atoms with van der Waals surface area (Å²) in [5.41, 5.74) is 4.13. The predicted octanol–water partition coefficient (Wildman–Crippen LogP) is 5.41. The molecule has 0 fully saturated rings. The zero-order valence-corrected chi connectivity index (χ0v) is 13.5. The summed E-state index contributed by atoms with van der Waals surface area (Å²) in [5, 5.41) is 4.05. The first-order chi connectivity index (χ1) is 10.1. The van der Waals surface area contributed by atoms with Crippen LogP contribution < -0.4 is 5.32 Å². The van der Waals surface area contributed by atoms with Gasteiger partial charge in [0.2, 0.25) is 6.41 Å². The molecule has 0 saturated carbocycles. The topological polar surface area (TPSA) is 29.1 Å². The molecule has 2 rings (SSSR count). The van der Waals surface area contributed by atoms with Crippen molar-refractivity contribution in [2.24, 2.45) is 0 Å². The van der Waals surface area contributed by atoms with Crippen LogP contribution in [0.3, 0.4) is 0 Å². The van der Waals surface area contributed by atoms with E-state index in [9.17, 15) is 4.79 Å². The molecule has 21 heavy (non-hydrogen) atoms. The van der Waals surface area contributed by atoms with Gasteiger partial charge in [0.05, 0.1) is 0 Å². The maximum atomic E-state index is 10.8. The summed E-state index contributed by atoms with van der Waals surface area (Å²) in [4.78, 5) is 10.8. The van der Waals surface area contributed by atoms with E-state index in [1.165, 1.54) is 11.1 Å². The van der Waals surface area contributed by atoms with E-state index in [0.717, 1.165) is 17.7 Å². The van der Waals surface area contributed by atoms with Crippen molar-refractivity contribution < 1.29 is 4.79 Å². The second-order valence-corrected chi connectivity index (χ2v) is 5.83. The monoisotopic (exact) mass is 321 g/mol. The second-order valence-electron chi connectivity index (χ2n) is 4.96. The number of anilines is 1. The van der Waals surface area contributed by atoms with Crippen molar-refractivity contribution in [1.29, 1.82) is 0 Å². The molecule has 0 heterocycles. The number of halogens is 2. The molecule has 0 aromatic heterocycles. The molecule has 0 spiro atoms. The van der Waals surface area contributed by atoms with Gasteiger partial charge in [-0.1, -0.05) is 42.3 Å². The molecular formula is C17H17Cl2NO. The quantitative estimate of drug-likeness (QED) is 0.733. The molecule has 1 amide bonds. The SMILES string of the molecule is CCC(c1cc(Cl)ccc1C)c1ccc(Cl)cc1NC=O. The van der Waals surface area contributed by atoms with Crippen LogP contribution in [0.4, 0.5) is 5.69 Å². The van der Waals surface area contributed by atoms with Crippen LogP contribution >= 0.6 is 23.2 Å². The van der Waals surface area contributed by atoms with E-state index in [-0.39, 0.29) is 5.92 Å². The third-order valence-corrected chi connectivity index (χ3v) is 4.10. The third kappa shape index (κ3) is 3.58. The molecule has 0 saturated heterocycles. The molecule has 2 aromatic carbocycles. The molecule has 0 aliphatic rings. The van der Waals surface area contributed by atoms with E-state index >= 15 is 0 Å². The third-order valence-electron chi connectivity index (χ3n) is 3.63. The molecule has 2 aromatic rings. The van der Waals surface area contributed by atoms with Gasteiger partial charge in [0, 0.05) is 21.7 Å². The number of nitrogens with one attached hydrogen (secondary N) is 1. The van der Waals surface area contributed by atoms with Crippen LogP contribution in [0, 0.1) is 6.92 Å². The highest BCUT2D eigenvalue weighted by atomic mass is 35.5. The summed E-state index contributed by atoms with van der Waals surface area (Å²) in [6.07, 6.45) is 1.57. The first-order valence-corrected chi connectivity index (χ1v) is 7.58.